The third-order valence-corrected chi connectivity index (χ3v) is 6.93. The van der Waals surface area contributed by atoms with Crippen molar-refractivity contribution in [3.8, 4) is 11.3 Å². The van der Waals surface area contributed by atoms with Crippen LogP contribution in [0.4, 0.5) is 0 Å². The van der Waals surface area contributed by atoms with Gasteiger partial charge in [-0.15, -0.1) is 0 Å². The zero-order valence-electron chi connectivity index (χ0n) is 17.7. The molecule has 1 spiro atoms. The number of hydrogen-bond acceptors (Lipinski definition) is 5. The number of ether oxygens (including phenoxy) is 1. The van der Waals surface area contributed by atoms with Crippen LogP contribution in [0.5, 0.6) is 0 Å². The molecule has 4 heterocycles. The Morgan fingerprint density at radius 1 is 1.35 bits per heavy atom. The number of nitrogens with zero attached hydrogens (tertiary/aromatic N) is 3. The summed E-state index contributed by atoms with van der Waals surface area (Å²) in [6.45, 7) is 4.09. The number of fused-ring (bicyclic) bond motifs is 4. The van der Waals surface area contributed by atoms with E-state index in [1.54, 1.807) is 0 Å². The zero-order chi connectivity index (χ0) is 21.0. The predicted molar refractivity (Wildman–Crippen MR) is 114 cm³/mol. The van der Waals surface area contributed by atoms with Crippen LogP contribution in [0.25, 0.3) is 11.3 Å². The van der Waals surface area contributed by atoms with Crippen molar-refractivity contribution in [3.63, 3.8) is 0 Å². The fraction of sp³-hybridized carbons (Fsp3) is 0.458. The molecule has 1 saturated carbocycles. The molecule has 6 rings (SSSR count). The standard InChI is InChI=1S/C24H26N4O3/c1-15-21-22(27-28(15)14-16-5-2-3-9-25-16)18-11-19(31-20(18)12-24(21)7-8-24)23(29)26-13-17-6-4-10-30-17/h2-3,5,9,11,17H,4,6-8,10,12-14H2,1H3,(H,26,29)/t17-/m0/s1. The van der Waals surface area contributed by atoms with Gasteiger partial charge in [0, 0.05) is 48.0 Å². The minimum Gasteiger partial charge on any atom is -0.455 e. The second-order valence-electron chi connectivity index (χ2n) is 9.04. The molecule has 1 N–H and O–H groups in total. The Balaban J connectivity index is 1.31. The van der Waals surface area contributed by atoms with Gasteiger partial charge in [0.05, 0.1) is 24.0 Å². The highest BCUT2D eigenvalue weighted by molar-refractivity contribution is 5.93. The first kappa shape index (κ1) is 18.8. The molecule has 0 aromatic carbocycles. The third-order valence-electron chi connectivity index (χ3n) is 6.93. The lowest BCUT2D eigenvalue weighted by atomic mass is 9.82. The number of pyridine rings is 1. The molecule has 3 aromatic rings. The van der Waals surface area contributed by atoms with Crippen LogP contribution in [0.15, 0.2) is 34.9 Å². The van der Waals surface area contributed by atoms with E-state index >= 15 is 0 Å². The maximum Gasteiger partial charge on any atom is 0.287 e. The molecule has 7 heteroatoms. The molecule has 3 aromatic heterocycles. The third kappa shape index (κ3) is 3.19. The topological polar surface area (TPSA) is 82.2 Å². The average molecular weight is 418 g/mol. The van der Waals surface area contributed by atoms with E-state index in [2.05, 4.69) is 17.2 Å². The fourth-order valence-corrected chi connectivity index (χ4v) is 5.11. The van der Waals surface area contributed by atoms with Gasteiger partial charge in [0.2, 0.25) is 0 Å². The Kier molecular flexibility index (Phi) is 4.28. The average Bonchev–Trinajstić information content (AvgIpc) is 3.15. The summed E-state index contributed by atoms with van der Waals surface area (Å²) in [5.41, 5.74) is 5.53. The van der Waals surface area contributed by atoms with Crippen molar-refractivity contribution >= 4 is 5.91 Å². The maximum absolute atomic E-state index is 12.7. The number of hydrogen-bond donors (Lipinski definition) is 1. The molecule has 0 unspecified atom stereocenters. The number of carbonyl (C=O) groups is 1. The van der Waals surface area contributed by atoms with Crippen LogP contribution in [0, 0.1) is 6.92 Å². The van der Waals surface area contributed by atoms with E-state index in [0.717, 1.165) is 61.4 Å². The second kappa shape index (κ2) is 7.05. The van der Waals surface area contributed by atoms with E-state index in [1.807, 2.05) is 35.1 Å². The molecule has 1 saturated heterocycles. The zero-order valence-corrected chi connectivity index (χ0v) is 17.7. The normalized spacial score (nSPS) is 20.5. The van der Waals surface area contributed by atoms with Gasteiger partial charge >= 0.3 is 0 Å². The maximum atomic E-state index is 12.7. The molecule has 0 bridgehead atoms. The largest absolute Gasteiger partial charge is 0.455 e. The molecular formula is C24H26N4O3. The van der Waals surface area contributed by atoms with Gasteiger partial charge in [0.1, 0.15) is 5.76 Å². The van der Waals surface area contributed by atoms with Gasteiger partial charge in [0.15, 0.2) is 5.76 Å². The molecule has 1 amide bonds. The lowest BCUT2D eigenvalue weighted by Crippen LogP contribution is -2.31. The van der Waals surface area contributed by atoms with E-state index in [4.69, 9.17) is 14.3 Å². The summed E-state index contributed by atoms with van der Waals surface area (Å²) >= 11 is 0. The minimum atomic E-state index is -0.180. The monoisotopic (exact) mass is 418 g/mol. The molecule has 3 aliphatic rings. The Hall–Kier alpha value is -2.93. The number of amides is 1. The quantitative estimate of drug-likeness (QED) is 0.687. The predicted octanol–water partition coefficient (Wildman–Crippen LogP) is 3.39. The van der Waals surface area contributed by atoms with Crippen LogP contribution < -0.4 is 5.32 Å². The van der Waals surface area contributed by atoms with Crippen LogP contribution in [0.3, 0.4) is 0 Å². The smallest absolute Gasteiger partial charge is 0.287 e. The summed E-state index contributed by atoms with van der Waals surface area (Å²) in [7, 11) is 0. The van der Waals surface area contributed by atoms with Crippen molar-refractivity contribution in [3.05, 3.63) is 58.9 Å². The minimum absolute atomic E-state index is 0.109. The van der Waals surface area contributed by atoms with Crippen molar-refractivity contribution in [1.82, 2.24) is 20.1 Å². The van der Waals surface area contributed by atoms with Crippen LogP contribution in [-0.2, 0) is 23.1 Å². The molecule has 7 nitrogen and oxygen atoms in total. The highest BCUT2D eigenvalue weighted by atomic mass is 16.5. The van der Waals surface area contributed by atoms with Gasteiger partial charge in [0.25, 0.3) is 5.91 Å². The summed E-state index contributed by atoms with van der Waals surface area (Å²) in [5, 5.41) is 7.94. The highest BCUT2D eigenvalue weighted by Crippen LogP contribution is 2.58. The number of rotatable bonds is 5. The molecule has 1 aliphatic heterocycles. The van der Waals surface area contributed by atoms with Crippen molar-refractivity contribution < 1.29 is 13.9 Å². The van der Waals surface area contributed by atoms with Gasteiger partial charge in [-0.2, -0.15) is 5.10 Å². The van der Waals surface area contributed by atoms with Crippen LogP contribution >= 0.6 is 0 Å². The first-order valence-electron chi connectivity index (χ1n) is 11.1. The lowest BCUT2D eigenvalue weighted by molar-refractivity contribution is 0.0833. The highest BCUT2D eigenvalue weighted by Gasteiger charge is 2.52. The fourth-order valence-electron chi connectivity index (χ4n) is 5.11. The molecular weight excluding hydrogens is 392 g/mol. The number of carbonyl (C=O) groups excluding carboxylic acids is 1. The van der Waals surface area contributed by atoms with Gasteiger partial charge < -0.3 is 14.5 Å². The molecule has 1 atom stereocenters. The Bertz CT molecular complexity index is 1140. The van der Waals surface area contributed by atoms with E-state index in [1.165, 1.54) is 11.3 Å². The summed E-state index contributed by atoms with van der Waals surface area (Å²) in [5.74, 6) is 1.07. The molecule has 2 fully saturated rings. The molecule has 31 heavy (non-hydrogen) atoms. The number of furan rings is 1. The first-order chi connectivity index (χ1) is 15.1. The van der Waals surface area contributed by atoms with Crippen molar-refractivity contribution in [2.24, 2.45) is 0 Å². The number of aromatic nitrogens is 3. The summed E-state index contributed by atoms with van der Waals surface area (Å²) in [4.78, 5) is 17.2. The first-order valence-corrected chi connectivity index (χ1v) is 11.1. The van der Waals surface area contributed by atoms with Crippen LogP contribution in [0.1, 0.15) is 58.9 Å². The summed E-state index contributed by atoms with van der Waals surface area (Å²) < 4.78 is 13.7. The van der Waals surface area contributed by atoms with Crippen molar-refractivity contribution in [2.75, 3.05) is 13.2 Å². The molecule has 0 radical (unpaired) electrons. The van der Waals surface area contributed by atoms with E-state index in [-0.39, 0.29) is 17.4 Å². The lowest BCUT2D eigenvalue weighted by Gasteiger charge is -2.20. The van der Waals surface area contributed by atoms with Gasteiger partial charge in [-0.05, 0) is 50.8 Å². The van der Waals surface area contributed by atoms with Crippen molar-refractivity contribution in [2.45, 2.75) is 57.1 Å². The summed E-state index contributed by atoms with van der Waals surface area (Å²) in [6.07, 6.45) is 7.08. The van der Waals surface area contributed by atoms with Crippen LogP contribution in [0.2, 0.25) is 0 Å². The Labute approximate surface area is 180 Å². The van der Waals surface area contributed by atoms with E-state index < -0.39 is 0 Å². The van der Waals surface area contributed by atoms with Gasteiger partial charge in [-0.3, -0.25) is 14.5 Å². The number of nitrogens with one attached hydrogen (secondary N) is 1. The van der Waals surface area contributed by atoms with Crippen LogP contribution in [-0.4, -0.2) is 39.9 Å². The summed E-state index contributed by atoms with van der Waals surface area (Å²) in [6, 6.07) is 7.81. The van der Waals surface area contributed by atoms with E-state index in [0.29, 0.717) is 18.8 Å². The second-order valence-corrected chi connectivity index (χ2v) is 9.04. The molecule has 160 valence electrons. The van der Waals surface area contributed by atoms with Gasteiger partial charge in [-0.25, -0.2) is 0 Å². The molecule has 2 aliphatic carbocycles. The van der Waals surface area contributed by atoms with E-state index in [9.17, 15) is 4.79 Å². The van der Waals surface area contributed by atoms with Crippen molar-refractivity contribution in [1.29, 1.82) is 0 Å². The Morgan fingerprint density at radius 2 is 2.26 bits per heavy atom. The van der Waals surface area contributed by atoms with Gasteiger partial charge in [-0.1, -0.05) is 6.07 Å². The SMILES string of the molecule is Cc1c2c(nn1Cc1ccccn1)-c1cc(C(=O)NC[C@@H]3CCCO3)oc1CC21CC1. The Morgan fingerprint density at radius 3 is 3.00 bits per heavy atom.